The molecule has 0 unspecified atom stereocenters. The molecule has 0 bridgehead atoms. The van der Waals surface area contributed by atoms with E-state index in [1.54, 1.807) is 0 Å². The molecule has 25 heavy (non-hydrogen) atoms. The number of likely N-dealkylation sites (tertiary alicyclic amines) is 1. The maximum absolute atomic E-state index is 12.9. The Morgan fingerprint density at radius 1 is 1.28 bits per heavy atom. The lowest BCUT2D eigenvalue weighted by Gasteiger charge is -2.33. The Bertz CT molecular complexity index is 887. The highest BCUT2D eigenvalue weighted by Gasteiger charge is 2.28. The van der Waals surface area contributed by atoms with Gasteiger partial charge in [0, 0.05) is 36.5 Å². The van der Waals surface area contributed by atoms with Crippen LogP contribution < -0.4 is 10.4 Å². The molecular weight excluding hydrogens is 318 g/mol. The molecule has 1 aromatic carbocycles. The van der Waals surface area contributed by atoms with Gasteiger partial charge >= 0.3 is 5.69 Å². The zero-order valence-corrected chi connectivity index (χ0v) is 13.8. The summed E-state index contributed by atoms with van der Waals surface area (Å²) in [5.41, 5.74) is 2.10. The number of para-hydroxylation sites is 1. The van der Waals surface area contributed by atoms with Crippen molar-refractivity contribution < 1.29 is 9.53 Å². The van der Waals surface area contributed by atoms with Gasteiger partial charge in [0.05, 0.1) is 5.57 Å². The number of ether oxygens (including phenoxy) is 1. The van der Waals surface area contributed by atoms with Crippen molar-refractivity contribution in [2.75, 3.05) is 19.7 Å². The molecule has 128 valence electrons. The van der Waals surface area contributed by atoms with Crippen LogP contribution >= 0.6 is 0 Å². The minimum Gasteiger partial charge on any atom is -0.488 e. The molecule has 6 heteroatoms. The summed E-state index contributed by atoms with van der Waals surface area (Å²) in [6.45, 7) is 1.62. The van der Waals surface area contributed by atoms with Crippen LogP contribution in [0.15, 0.2) is 46.9 Å². The topological polar surface area (TPSA) is 75.3 Å². The highest BCUT2D eigenvalue weighted by atomic mass is 16.5. The van der Waals surface area contributed by atoms with Crippen molar-refractivity contribution >= 4 is 12.0 Å². The highest BCUT2D eigenvalue weighted by Crippen LogP contribution is 2.29. The number of benzene rings is 1. The smallest absolute Gasteiger partial charge is 0.345 e. The van der Waals surface area contributed by atoms with Crippen molar-refractivity contribution in [3.63, 3.8) is 0 Å². The van der Waals surface area contributed by atoms with Gasteiger partial charge in [-0.1, -0.05) is 18.2 Å². The second-order valence-corrected chi connectivity index (χ2v) is 6.42. The first kappa shape index (κ1) is 15.6. The average molecular weight is 337 g/mol. The van der Waals surface area contributed by atoms with Gasteiger partial charge in [-0.15, -0.1) is 0 Å². The van der Waals surface area contributed by atoms with Crippen molar-refractivity contribution in [3.8, 4) is 5.75 Å². The predicted octanol–water partition coefficient (Wildman–Crippen LogP) is 1.95. The average Bonchev–Trinajstić information content (AvgIpc) is 2.67. The largest absolute Gasteiger partial charge is 0.488 e. The van der Waals surface area contributed by atoms with Gasteiger partial charge in [-0.3, -0.25) is 4.79 Å². The van der Waals surface area contributed by atoms with Crippen molar-refractivity contribution in [1.29, 1.82) is 0 Å². The van der Waals surface area contributed by atoms with Gasteiger partial charge in [0.25, 0.3) is 5.91 Å². The molecule has 4 rings (SSSR count). The molecule has 0 radical (unpaired) electrons. The fraction of sp³-hybridized carbons (Fsp3) is 0.316. The van der Waals surface area contributed by atoms with Gasteiger partial charge in [0.15, 0.2) is 0 Å². The van der Waals surface area contributed by atoms with Crippen molar-refractivity contribution in [2.45, 2.75) is 18.8 Å². The SMILES string of the molecule is O=C(C1=Cc2ccccc2OC1)N1CCC[C@@H](c2ccnc(=O)[nH]2)C1. The van der Waals surface area contributed by atoms with Crippen molar-refractivity contribution in [1.82, 2.24) is 14.9 Å². The Labute approximate surface area is 145 Å². The summed E-state index contributed by atoms with van der Waals surface area (Å²) < 4.78 is 5.70. The molecular formula is C19H19N3O3. The lowest BCUT2D eigenvalue weighted by atomic mass is 9.94. The minimum atomic E-state index is -0.346. The van der Waals surface area contributed by atoms with E-state index in [2.05, 4.69) is 9.97 Å². The van der Waals surface area contributed by atoms with E-state index in [1.165, 1.54) is 6.20 Å². The second-order valence-electron chi connectivity index (χ2n) is 6.42. The number of rotatable bonds is 2. The fourth-order valence-corrected chi connectivity index (χ4v) is 3.48. The molecule has 2 aliphatic heterocycles. The van der Waals surface area contributed by atoms with E-state index in [-0.39, 0.29) is 17.5 Å². The van der Waals surface area contributed by atoms with Crippen LogP contribution in [0.1, 0.15) is 30.0 Å². The molecule has 2 aliphatic rings. The number of nitrogens with zero attached hydrogens (tertiary/aromatic N) is 2. The van der Waals surface area contributed by atoms with Crippen LogP contribution in [-0.4, -0.2) is 40.5 Å². The maximum Gasteiger partial charge on any atom is 0.345 e. The number of aromatic amines is 1. The Kier molecular flexibility index (Phi) is 4.09. The Morgan fingerprint density at radius 3 is 3.04 bits per heavy atom. The van der Waals surface area contributed by atoms with Crippen LogP contribution in [0.2, 0.25) is 0 Å². The molecule has 0 spiro atoms. The van der Waals surface area contributed by atoms with Gasteiger partial charge in [0.1, 0.15) is 12.4 Å². The number of fused-ring (bicyclic) bond motifs is 1. The third kappa shape index (κ3) is 3.20. The summed E-state index contributed by atoms with van der Waals surface area (Å²) in [7, 11) is 0. The molecule has 1 fully saturated rings. The lowest BCUT2D eigenvalue weighted by Crippen LogP contribution is -2.41. The second kappa shape index (κ2) is 6.55. The maximum atomic E-state index is 12.9. The summed E-state index contributed by atoms with van der Waals surface area (Å²) in [6, 6.07) is 9.53. The first-order valence-corrected chi connectivity index (χ1v) is 8.47. The zero-order valence-electron chi connectivity index (χ0n) is 13.8. The van der Waals surface area contributed by atoms with E-state index in [1.807, 2.05) is 41.3 Å². The Hall–Kier alpha value is -2.89. The van der Waals surface area contributed by atoms with E-state index in [4.69, 9.17) is 4.74 Å². The summed E-state index contributed by atoms with van der Waals surface area (Å²) in [5, 5.41) is 0. The zero-order chi connectivity index (χ0) is 17.2. The van der Waals surface area contributed by atoms with Crippen molar-refractivity contribution in [2.24, 2.45) is 0 Å². The van der Waals surface area contributed by atoms with Crippen LogP contribution in [0.25, 0.3) is 6.08 Å². The number of amides is 1. The van der Waals surface area contributed by atoms with E-state index in [0.29, 0.717) is 18.7 Å². The molecule has 1 saturated heterocycles. The first-order chi connectivity index (χ1) is 12.2. The Morgan fingerprint density at radius 2 is 2.16 bits per heavy atom. The molecule has 1 aromatic heterocycles. The molecule has 1 amide bonds. The number of hydrogen-bond donors (Lipinski definition) is 1. The third-order valence-corrected chi connectivity index (χ3v) is 4.75. The summed E-state index contributed by atoms with van der Waals surface area (Å²) in [6.07, 6.45) is 5.29. The number of H-pyrrole nitrogens is 1. The van der Waals surface area contributed by atoms with Crippen LogP contribution in [0, 0.1) is 0 Å². The summed E-state index contributed by atoms with van der Waals surface area (Å²) >= 11 is 0. The summed E-state index contributed by atoms with van der Waals surface area (Å²) in [4.78, 5) is 32.6. The number of hydrogen-bond acceptors (Lipinski definition) is 4. The van der Waals surface area contributed by atoms with E-state index in [9.17, 15) is 9.59 Å². The third-order valence-electron chi connectivity index (χ3n) is 4.75. The van der Waals surface area contributed by atoms with E-state index < -0.39 is 0 Å². The summed E-state index contributed by atoms with van der Waals surface area (Å²) in [5.74, 6) is 0.950. The predicted molar refractivity (Wildman–Crippen MR) is 93.3 cm³/mol. The number of nitrogens with one attached hydrogen (secondary N) is 1. The van der Waals surface area contributed by atoms with Crippen LogP contribution in [0.5, 0.6) is 5.75 Å². The van der Waals surface area contributed by atoms with Crippen LogP contribution in [0.3, 0.4) is 0 Å². The molecule has 3 heterocycles. The van der Waals surface area contributed by atoms with E-state index >= 15 is 0 Å². The number of piperidine rings is 1. The quantitative estimate of drug-likeness (QED) is 0.909. The minimum absolute atomic E-state index is 0.00982. The number of aromatic nitrogens is 2. The van der Waals surface area contributed by atoms with Gasteiger partial charge in [-0.2, -0.15) is 0 Å². The van der Waals surface area contributed by atoms with Crippen LogP contribution in [-0.2, 0) is 4.79 Å². The fourth-order valence-electron chi connectivity index (χ4n) is 3.48. The lowest BCUT2D eigenvalue weighted by molar-refractivity contribution is -0.128. The van der Waals surface area contributed by atoms with Gasteiger partial charge < -0.3 is 14.6 Å². The van der Waals surface area contributed by atoms with Gasteiger partial charge in [0.2, 0.25) is 0 Å². The number of carbonyl (C=O) groups excluding carboxylic acids is 1. The highest BCUT2D eigenvalue weighted by molar-refractivity contribution is 5.99. The molecule has 0 saturated carbocycles. The van der Waals surface area contributed by atoms with E-state index in [0.717, 1.165) is 36.4 Å². The molecule has 0 aliphatic carbocycles. The normalized spacial score (nSPS) is 19.6. The van der Waals surface area contributed by atoms with Crippen molar-refractivity contribution in [3.05, 3.63) is 63.8 Å². The standard InChI is InChI=1S/C19H19N3O3/c23-18(15-10-13-4-1-2-6-17(13)25-12-15)22-9-3-5-14(11-22)16-7-8-20-19(24)21-16/h1-2,4,6-8,10,14H,3,5,9,11-12H2,(H,20,21,24)/t14-/m1/s1. The molecule has 1 N–H and O–H groups in total. The first-order valence-electron chi connectivity index (χ1n) is 8.47. The Balaban J connectivity index is 1.53. The van der Waals surface area contributed by atoms with Crippen LogP contribution in [0.4, 0.5) is 0 Å². The van der Waals surface area contributed by atoms with Gasteiger partial charge in [-0.05, 0) is 31.1 Å². The molecule has 1 atom stereocenters. The van der Waals surface area contributed by atoms with Gasteiger partial charge in [-0.25, -0.2) is 9.78 Å². The molecule has 6 nitrogen and oxygen atoms in total. The molecule has 2 aromatic rings. The monoisotopic (exact) mass is 337 g/mol. The number of carbonyl (C=O) groups is 1.